The van der Waals surface area contributed by atoms with Crippen molar-refractivity contribution in [1.82, 2.24) is 4.90 Å². The molecule has 4 nitrogen and oxygen atoms in total. The Kier molecular flexibility index (Phi) is 7.11. The summed E-state index contributed by atoms with van der Waals surface area (Å²) in [6, 6.07) is 0. The van der Waals surface area contributed by atoms with Crippen LogP contribution in [0.1, 0.15) is 38.5 Å². The first kappa shape index (κ1) is 16.7. The number of carbonyl (C=O) groups is 1. The maximum atomic E-state index is 12.4. The van der Waals surface area contributed by atoms with Gasteiger partial charge in [0.25, 0.3) is 0 Å². The molecule has 112 valence electrons. The molecule has 1 heterocycles. The van der Waals surface area contributed by atoms with Gasteiger partial charge in [-0.05, 0) is 51.0 Å². The van der Waals surface area contributed by atoms with E-state index in [1.54, 1.807) is 7.11 Å². The van der Waals surface area contributed by atoms with E-state index in [1.807, 2.05) is 4.90 Å². The summed E-state index contributed by atoms with van der Waals surface area (Å²) < 4.78 is 5.34. The molecule has 2 N–H and O–H groups in total. The molecule has 2 fully saturated rings. The lowest BCUT2D eigenvalue weighted by molar-refractivity contribution is -0.139. The second-order valence-electron chi connectivity index (χ2n) is 5.71. The highest BCUT2D eigenvalue weighted by atomic mass is 35.5. The molecule has 0 unspecified atom stereocenters. The number of amides is 1. The molecular weight excluding hydrogens is 264 g/mol. The summed E-state index contributed by atoms with van der Waals surface area (Å²) in [4.78, 5) is 14.4. The summed E-state index contributed by atoms with van der Waals surface area (Å²) in [6.07, 6.45) is 6.64. The Hall–Kier alpha value is -0.320. The fourth-order valence-corrected chi connectivity index (χ4v) is 3.22. The number of methoxy groups -OCH3 is 1. The third-order valence-corrected chi connectivity index (χ3v) is 4.62. The maximum Gasteiger partial charge on any atom is 0.225 e. The third kappa shape index (κ3) is 4.33. The molecule has 1 amide bonds. The van der Waals surface area contributed by atoms with E-state index in [0.717, 1.165) is 58.2 Å². The monoisotopic (exact) mass is 290 g/mol. The summed E-state index contributed by atoms with van der Waals surface area (Å²) >= 11 is 0. The molecule has 0 bridgehead atoms. The van der Waals surface area contributed by atoms with E-state index in [2.05, 4.69) is 0 Å². The largest absolute Gasteiger partial charge is 0.381 e. The molecule has 1 aliphatic carbocycles. The van der Waals surface area contributed by atoms with Crippen LogP contribution in [0.3, 0.4) is 0 Å². The molecule has 1 saturated carbocycles. The third-order valence-electron chi connectivity index (χ3n) is 4.62. The van der Waals surface area contributed by atoms with Gasteiger partial charge in [-0.2, -0.15) is 0 Å². The zero-order chi connectivity index (χ0) is 13.0. The van der Waals surface area contributed by atoms with E-state index >= 15 is 0 Å². The number of piperidine rings is 1. The van der Waals surface area contributed by atoms with Gasteiger partial charge in [-0.15, -0.1) is 12.4 Å². The van der Waals surface area contributed by atoms with Gasteiger partial charge in [0.2, 0.25) is 5.91 Å². The second kappa shape index (κ2) is 8.08. The van der Waals surface area contributed by atoms with Crippen molar-refractivity contribution in [3.05, 3.63) is 0 Å². The fraction of sp³-hybridized carbons (Fsp3) is 0.929. The summed E-state index contributed by atoms with van der Waals surface area (Å²) in [5, 5.41) is 0. The number of nitrogens with zero attached hydrogens (tertiary/aromatic N) is 1. The number of halogens is 1. The van der Waals surface area contributed by atoms with Gasteiger partial charge in [0.05, 0.1) is 6.10 Å². The number of hydrogen-bond donors (Lipinski definition) is 1. The quantitative estimate of drug-likeness (QED) is 0.862. The molecule has 0 spiro atoms. The number of likely N-dealkylation sites (tertiary alicyclic amines) is 1. The summed E-state index contributed by atoms with van der Waals surface area (Å²) in [7, 11) is 1.76. The van der Waals surface area contributed by atoms with Crippen LogP contribution in [0.2, 0.25) is 0 Å². The summed E-state index contributed by atoms with van der Waals surface area (Å²) in [5.41, 5.74) is 5.69. The van der Waals surface area contributed by atoms with Crippen LogP contribution in [-0.2, 0) is 9.53 Å². The molecule has 0 aromatic carbocycles. The molecule has 1 saturated heterocycles. The Balaban J connectivity index is 0.00000180. The lowest BCUT2D eigenvalue weighted by Gasteiger charge is -2.35. The molecule has 5 heteroatoms. The molecule has 19 heavy (non-hydrogen) atoms. The van der Waals surface area contributed by atoms with Gasteiger partial charge in [-0.1, -0.05) is 0 Å². The highest BCUT2D eigenvalue weighted by Gasteiger charge is 2.30. The summed E-state index contributed by atoms with van der Waals surface area (Å²) in [5.74, 6) is 1.28. The molecule has 0 aromatic heterocycles. The maximum absolute atomic E-state index is 12.4. The lowest BCUT2D eigenvalue weighted by Crippen LogP contribution is -2.44. The van der Waals surface area contributed by atoms with Crippen molar-refractivity contribution in [2.45, 2.75) is 44.6 Å². The normalized spacial score (nSPS) is 28.8. The number of hydrogen-bond acceptors (Lipinski definition) is 3. The first-order chi connectivity index (χ1) is 8.74. The van der Waals surface area contributed by atoms with Crippen molar-refractivity contribution in [3.8, 4) is 0 Å². The average molecular weight is 291 g/mol. The smallest absolute Gasteiger partial charge is 0.225 e. The van der Waals surface area contributed by atoms with Crippen LogP contribution in [0.15, 0.2) is 0 Å². The first-order valence-corrected chi connectivity index (χ1v) is 7.26. The van der Waals surface area contributed by atoms with E-state index in [-0.39, 0.29) is 18.3 Å². The van der Waals surface area contributed by atoms with Gasteiger partial charge in [0, 0.05) is 26.1 Å². The predicted molar refractivity (Wildman–Crippen MR) is 78.4 cm³/mol. The van der Waals surface area contributed by atoms with Crippen LogP contribution in [0, 0.1) is 11.8 Å². The van der Waals surface area contributed by atoms with E-state index in [1.165, 1.54) is 0 Å². The van der Waals surface area contributed by atoms with Gasteiger partial charge in [-0.3, -0.25) is 4.79 Å². The zero-order valence-electron chi connectivity index (χ0n) is 11.8. The highest BCUT2D eigenvalue weighted by molar-refractivity contribution is 5.85. The fourth-order valence-electron chi connectivity index (χ4n) is 3.22. The Morgan fingerprint density at radius 2 is 1.74 bits per heavy atom. The van der Waals surface area contributed by atoms with Crippen molar-refractivity contribution < 1.29 is 9.53 Å². The highest BCUT2D eigenvalue weighted by Crippen LogP contribution is 2.30. The molecule has 0 aromatic rings. The molecule has 2 aliphatic rings. The Bertz CT molecular complexity index is 247. The summed E-state index contributed by atoms with van der Waals surface area (Å²) in [6.45, 7) is 2.52. The van der Waals surface area contributed by atoms with Crippen molar-refractivity contribution in [3.63, 3.8) is 0 Å². The number of nitrogens with two attached hydrogens (primary N) is 1. The van der Waals surface area contributed by atoms with Gasteiger partial charge in [0.1, 0.15) is 0 Å². The van der Waals surface area contributed by atoms with Crippen LogP contribution in [0.25, 0.3) is 0 Å². The predicted octanol–water partition coefficient (Wildman–Crippen LogP) is 1.81. The minimum atomic E-state index is 0. The van der Waals surface area contributed by atoms with Gasteiger partial charge in [0.15, 0.2) is 0 Å². The van der Waals surface area contributed by atoms with Crippen LogP contribution >= 0.6 is 12.4 Å². The van der Waals surface area contributed by atoms with E-state index in [9.17, 15) is 4.79 Å². The first-order valence-electron chi connectivity index (χ1n) is 7.26. The van der Waals surface area contributed by atoms with Crippen LogP contribution in [0.4, 0.5) is 0 Å². The van der Waals surface area contributed by atoms with Crippen molar-refractivity contribution in [2.75, 3.05) is 26.7 Å². The molecule has 2 rings (SSSR count). The lowest BCUT2D eigenvalue weighted by atomic mass is 9.81. The van der Waals surface area contributed by atoms with Gasteiger partial charge >= 0.3 is 0 Å². The Morgan fingerprint density at radius 3 is 2.21 bits per heavy atom. The Labute approximate surface area is 122 Å². The van der Waals surface area contributed by atoms with Gasteiger partial charge in [-0.25, -0.2) is 0 Å². The van der Waals surface area contributed by atoms with Crippen molar-refractivity contribution in [2.24, 2.45) is 17.6 Å². The molecular formula is C14H27ClN2O2. The van der Waals surface area contributed by atoms with E-state index in [0.29, 0.717) is 17.9 Å². The van der Waals surface area contributed by atoms with Crippen LogP contribution in [-0.4, -0.2) is 43.7 Å². The molecule has 0 radical (unpaired) electrons. The standard InChI is InChI=1S/C14H26N2O2.ClH/c1-18-13-6-8-16(9-7-13)14(17)12-4-2-11(10-15)3-5-12;/h11-13H,2-10,15H2,1H3;1H. The van der Waals surface area contributed by atoms with Crippen LogP contribution < -0.4 is 5.73 Å². The minimum absolute atomic E-state index is 0. The van der Waals surface area contributed by atoms with Crippen molar-refractivity contribution in [1.29, 1.82) is 0 Å². The number of rotatable bonds is 3. The van der Waals surface area contributed by atoms with E-state index < -0.39 is 0 Å². The van der Waals surface area contributed by atoms with Gasteiger partial charge < -0.3 is 15.4 Å². The topological polar surface area (TPSA) is 55.6 Å². The number of carbonyl (C=O) groups excluding carboxylic acids is 1. The average Bonchev–Trinajstić information content (AvgIpc) is 2.47. The van der Waals surface area contributed by atoms with E-state index in [4.69, 9.17) is 10.5 Å². The van der Waals surface area contributed by atoms with Crippen molar-refractivity contribution >= 4 is 18.3 Å². The van der Waals surface area contributed by atoms with Crippen LogP contribution in [0.5, 0.6) is 0 Å². The molecule has 1 aliphatic heterocycles. The SMILES string of the molecule is COC1CCN(C(=O)C2CCC(CN)CC2)CC1.Cl. The number of ether oxygens (including phenoxy) is 1. The second-order valence-corrected chi connectivity index (χ2v) is 5.71. The molecule has 0 atom stereocenters. The zero-order valence-corrected chi connectivity index (χ0v) is 12.7. The minimum Gasteiger partial charge on any atom is -0.381 e. The Morgan fingerprint density at radius 1 is 1.16 bits per heavy atom.